The molecule has 0 bridgehead atoms. The van der Waals surface area contributed by atoms with Crippen molar-refractivity contribution in [2.75, 3.05) is 13.1 Å². The molecule has 2 heterocycles. The number of aromatic amines is 1. The van der Waals surface area contributed by atoms with Gasteiger partial charge in [-0.2, -0.15) is 0 Å². The molecule has 22 heavy (non-hydrogen) atoms. The monoisotopic (exact) mass is 306 g/mol. The molecule has 1 aromatic heterocycles. The van der Waals surface area contributed by atoms with Crippen molar-refractivity contribution >= 4 is 11.8 Å². The normalized spacial score (nSPS) is 17.6. The van der Waals surface area contributed by atoms with Crippen LogP contribution in [0.5, 0.6) is 0 Å². The zero-order chi connectivity index (χ0) is 16.3. The average molecular weight is 306 g/mol. The summed E-state index contributed by atoms with van der Waals surface area (Å²) in [6.45, 7) is 9.28. The van der Waals surface area contributed by atoms with Crippen LogP contribution in [0.25, 0.3) is 0 Å². The van der Waals surface area contributed by atoms with Crippen LogP contribution in [0.4, 0.5) is 0 Å². The minimum atomic E-state index is -0.0324. The Morgan fingerprint density at radius 3 is 2.45 bits per heavy atom. The summed E-state index contributed by atoms with van der Waals surface area (Å²) in [5.74, 6) is 1.25. The number of nitrogens with one attached hydrogen (secondary N) is 2. The van der Waals surface area contributed by atoms with Crippen LogP contribution in [-0.2, 0) is 4.79 Å². The molecule has 1 fully saturated rings. The lowest BCUT2D eigenvalue weighted by molar-refractivity contribution is -0.127. The molecule has 2 rings (SSSR count). The van der Waals surface area contributed by atoms with Crippen LogP contribution in [0.1, 0.15) is 49.9 Å². The molecule has 1 aliphatic heterocycles. The number of piperidine rings is 1. The second-order valence-corrected chi connectivity index (χ2v) is 6.49. The van der Waals surface area contributed by atoms with Gasteiger partial charge in [-0.3, -0.25) is 9.59 Å². The molecule has 2 N–H and O–H groups in total. The minimum Gasteiger partial charge on any atom is -0.353 e. The van der Waals surface area contributed by atoms with Crippen molar-refractivity contribution in [1.29, 1.82) is 0 Å². The van der Waals surface area contributed by atoms with Crippen molar-refractivity contribution < 1.29 is 9.59 Å². The average Bonchev–Trinajstić information content (AvgIpc) is 2.93. The minimum absolute atomic E-state index is 0.00810. The first-order valence-corrected chi connectivity index (χ1v) is 7.99. The van der Waals surface area contributed by atoms with E-state index in [4.69, 9.17) is 0 Å². The predicted molar refractivity (Wildman–Crippen MR) is 84.4 cm³/mol. The summed E-state index contributed by atoms with van der Waals surface area (Å²) in [5, 5.41) is 3.07. The second kappa shape index (κ2) is 6.94. The first-order valence-electron chi connectivity index (χ1n) is 7.99. The third-order valence-corrected chi connectivity index (χ3v) is 4.46. The fourth-order valence-corrected chi connectivity index (χ4v) is 2.55. The number of H-pyrrole nitrogens is 1. The number of carbonyl (C=O) groups excluding carboxylic acids is 2. The summed E-state index contributed by atoms with van der Waals surface area (Å²) < 4.78 is 0. The summed E-state index contributed by atoms with van der Waals surface area (Å²) in [7, 11) is 0. The Kier molecular flexibility index (Phi) is 5.21. The number of hydrogen-bond acceptors (Lipinski definition) is 3. The smallest absolute Gasteiger partial charge is 0.271 e. The van der Waals surface area contributed by atoms with E-state index in [-0.39, 0.29) is 23.8 Å². The van der Waals surface area contributed by atoms with Crippen LogP contribution >= 0.6 is 0 Å². The van der Waals surface area contributed by atoms with E-state index >= 15 is 0 Å². The van der Waals surface area contributed by atoms with Crippen molar-refractivity contribution in [3.05, 3.63) is 17.7 Å². The summed E-state index contributed by atoms with van der Waals surface area (Å²) in [5.41, 5.74) is 0.522. The van der Waals surface area contributed by atoms with E-state index in [1.54, 1.807) is 11.1 Å². The number of nitrogens with zero attached hydrogens (tertiary/aromatic N) is 2. The Morgan fingerprint density at radius 2 is 1.95 bits per heavy atom. The number of carbonyl (C=O) groups is 2. The quantitative estimate of drug-likeness (QED) is 0.889. The van der Waals surface area contributed by atoms with Crippen molar-refractivity contribution in [3.63, 3.8) is 0 Å². The largest absolute Gasteiger partial charge is 0.353 e. The van der Waals surface area contributed by atoms with Crippen molar-refractivity contribution in [2.45, 2.75) is 46.6 Å². The fourth-order valence-electron chi connectivity index (χ4n) is 2.55. The van der Waals surface area contributed by atoms with Gasteiger partial charge in [0.1, 0.15) is 11.5 Å². The molecule has 6 nitrogen and oxygen atoms in total. The molecule has 1 aliphatic rings. The summed E-state index contributed by atoms with van der Waals surface area (Å²) in [6.07, 6.45) is 3.01. The van der Waals surface area contributed by atoms with Crippen LogP contribution in [0.3, 0.4) is 0 Å². The highest BCUT2D eigenvalue weighted by atomic mass is 16.2. The molecule has 2 amide bonds. The van der Waals surface area contributed by atoms with Gasteiger partial charge in [-0.1, -0.05) is 13.8 Å². The van der Waals surface area contributed by atoms with E-state index in [2.05, 4.69) is 29.1 Å². The predicted octanol–water partition coefficient (Wildman–Crippen LogP) is 1.73. The molecule has 0 spiro atoms. The standard InChI is InChI=1S/C16H26N4O2/c1-10(2)11(3)18-15(21)13-5-7-20(8-6-13)16(22)14-9-17-12(4)19-14/h9-11,13H,5-8H2,1-4H3,(H,17,19)(H,18,21). The molecule has 0 aliphatic carbocycles. The number of likely N-dealkylation sites (tertiary alicyclic amines) is 1. The maximum absolute atomic E-state index is 12.3. The Labute approximate surface area is 131 Å². The highest BCUT2D eigenvalue weighted by Crippen LogP contribution is 2.19. The molecule has 6 heteroatoms. The van der Waals surface area contributed by atoms with Crippen molar-refractivity contribution in [2.24, 2.45) is 11.8 Å². The molecule has 1 aromatic rings. The van der Waals surface area contributed by atoms with Gasteiger partial charge in [-0.05, 0) is 32.6 Å². The van der Waals surface area contributed by atoms with E-state index in [0.717, 1.165) is 18.7 Å². The molecule has 1 saturated heterocycles. The summed E-state index contributed by atoms with van der Waals surface area (Å²) in [6, 6.07) is 0.181. The third kappa shape index (κ3) is 3.87. The van der Waals surface area contributed by atoms with E-state index in [9.17, 15) is 9.59 Å². The molecular formula is C16H26N4O2. The van der Waals surface area contributed by atoms with Gasteiger partial charge in [-0.15, -0.1) is 0 Å². The zero-order valence-corrected chi connectivity index (χ0v) is 13.8. The van der Waals surface area contributed by atoms with E-state index in [1.165, 1.54) is 0 Å². The van der Waals surface area contributed by atoms with Crippen LogP contribution < -0.4 is 5.32 Å². The Balaban J connectivity index is 1.85. The van der Waals surface area contributed by atoms with Gasteiger partial charge in [0, 0.05) is 25.0 Å². The highest BCUT2D eigenvalue weighted by molar-refractivity contribution is 5.92. The molecular weight excluding hydrogens is 280 g/mol. The Bertz CT molecular complexity index is 530. The van der Waals surface area contributed by atoms with E-state index in [1.807, 2.05) is 13.8 Å². The van der Waals surface area contributed by atoms with Gasteiger partial charge in [0.25, 0.3) is 5.91 Å². The van der Waals surface area contributed by atoms with Gasteiger partial charge >= 0.3 is 0 Å². The Morgan fingerprint density at radius 1 is 1.32 bits per heavy atom. The first kappa shape index (κ1) is 16.5. The molecule has 0 saturated carbocycles. The third-order valence-electron chi connectivity index (χ3n) is 4.46. The molecule has 0 aromatic carbocycles. The van der Waals surface area contributed by atoms with Crippen molar-refractivity contribution in [3.8, 4) is 0 Å². The number of amides is 2. The maximum atomic E-state index is 12.3. The lowest BCUT2D eigenvalue weighted by atomic mass is 9.94. The van der Waals surface area contributed by atoms with Crippen LogP contribution in [0.2, 0.25) is 0 Å². The summed E-state index contributed by atoms with van der Waals surface area (Å²) in [4.78, 5) is 33.4. The van der Waals surface area contributed by atoms with E-state index in [0.29, 0.717) is 24.7 Å². The molecule has 122 valence electrons. The molecule has 1 atom stereocenters. The van der Waals surface area contributed by atoms with Gasteiger partial charge in [0.2, 0.25) is 5.91 Å². The molecule has 1 unspecified atom stereocenters. The van der Waals surface area contributed by atoms with Crippen LogP contribution in [0.15, 0.2) is 6.20 Å². The van der Waals surface area contributed by atoms with Gasteiger partial charge < -0.3 is 15.2 Å². The Hall–Kier alpha value is -1.85. The first-order chi connectivity index (χ1) is 10.4. The van der Waals surface area contributed by atoms with Crippen LogP contribution in [-0.4, -0.2) is 45.8 Å². The maximum Gasteiger partial charge on any atom is 0.271 e. The topological polar surface area (TPSA) is 78.1 Å². The van der Waals surface area contributed by atoms with Crippen molar-refractivity contribution in [1.82, 2.24) is 20.2 Å². The number of imidazole rings is 1. The number of aromatic nitrogens is 2. The number of rotatable bonds is 4. The SMILES string of the molecule is Cc1ncc(C(=O)N2CCC(C(=O)NC(C)C(C)C)CC2)[nH]1. The van der Waals surface area contributed by atoms with Crippen LogP contribution in [0, 0.1) is 18.8 Å². The van der Waals surface area contributed by atoms with Gasteiger partial charge in [0.15, 0.2) is 0 Å². The number of hydrogen-bond donors (Lipinski definition) is 2. The van der Waals surface area contributed by atoms with E-state index < -0.39 is 0 Å². The lowest BCUT2D eigenvalue weighted by Gasteiger charge is -2.32. The molecule has 0 radical (unpaired) electrons. The summed E-state index contributed by atoms with van der Waals surface area (Å²) >= 11 is 0. The lowest BCUT2D eigenvalue weighted by Crippen LogP contribution is -2.45. The fraction of sp³-hybridized carbons (Fsp3) is 0.688. The highest BCUT2D eigenvalue weighted by Gasteiger charge is 2.29. The van der Waals surface area contributed by atoms with Gasteiger partial charge in [-0.25, -0.2) is 4.98 Å². The second-order valence-electron chi connectivity index (χ2n) is 6.49. The zero-order valence-electron chi connectivity index (χ0n) is 13.8. The van der Waals surface area contributed by atoms with Gasteiger partial charge in [0.05, 0.1) is 6.20 Å². The number of aryl methyl sites for hydroxylation is 1.